The molecule has 1 amide bonds. The SMILES string of the molecule is CN(CCC1CCCCC1)CC(=O)NCC(=O)O. The Hall–Kier alpha value is -1.10. The molecule has 5 heteroatoms. The average Bonchev–Trinajstić information content (AvgIpc) is 2.35. The van der Waals surface area contributed by atoms with Crippen LogP contribution in [0.5, 0.6) is 0 Å². The van der Waals surface area contributed by atoms with Crippen molar-refractivity contribution in [3.8, 4) is 0 Å². The minimum absolute atomic E-state index is 0.219. The fraction of sp³-hybridized carbons (Fsp3) is 0.846. The first kappa shape index (κ1) is 15.0. The van der Waals surface area contributed by atoms with Gasteiger partial charge in [0.25, 0.3) is 0 Å². The van der Waals surface area contributed by atoms with E-state index >= 15 is 0 Å². The van der Waals surface area contributed by atoms with E-state index in [4.69, 9.17) is 5.11 Å². The van der Waals surface area contributed by atoms with E-state index < -0.39 is 5.97 Å². The van der Waals surface area contributed by atoms with Gasteiger partial charge in [0.1, 0.15) is 6.54 Å². The number of rotatable bonds is 7. The third-order valence-corrected chi connectivity index (χ3v) is 3.49. The highest BCUT2D eigenvalue weighted by molar-refractivity contribution is 5.82. The largest absolute Gasteiger partial charge is 0.480 e. The molecule has 0 atom stereocenters. The van der Waals surface area contributed by atoms with Gasteiger partial charge in [-0.3, -0.25) is 14.5 Å². The lowest BCUT2D eigenvalue weighted by Gasteiger charge is -2.24. The molecule has 18 heavy (non-hydrogen) atoms. The van der Waals surface area contributed by atoms with Gasteiger partial charge in [-0.1, -0.05) is 32.1 Å². The molecule has 1 aliphatic carbocycles. The van der Waals surface area contributed by atoms with Gasteiger partial charge in [-0.15, -0.1) is 0 Å². The van der Waals surface area contributed by atoms with Gasteiger partial charge in [0, 0.05) is 0 Å². The van der Waals surface area contributed by atoms with Crippen molar-refractivity contribution < 1.29 is 14.7 Å². The molecule has 1 aliphatic rings. The predicted molar refractivity (Wildman–Crippen MR) is 69.3 cm³/mol. The maximum Gasteiger partial charge on any atom is 0.322 e. The number of nitrogens with one attached hydrogen (secondary N) is 1. The number of amides is 1. The Kier molecular flexibility index (Phi) is 6.72. The first-order valence-electron chi connectivity index (χ1n) is 6.75. The third-order valence-electron chi connectivity index (χ3n) is 3.49. The van der Waals surface area contributed by atoms with Gasteiger partial charge in [0.05, 0.1) is 6.54 Å². The van der Waals surface area contributed by atoms with Crippen LogP contribution in [-0.2, 0) is 9.59 Å². The summed E-state index contributed by atoms with van der Waals surface area (Å²) < 4.78 is 0. The second kappa shape index (κ2) is 8.08. The number of carboxylic acid groups (broad SMARTS) is 1. The van der Waals surface area contributed by atoms with Gasteiger partial charge >= 0.3 is 5.97 Å². The van der Waals surface area contributed by atoms with Crippen molar-refractivity contribution in [1.82, 2.24) is 10.2 Å². The Labute approximate surface area is 109 Å². The summed E-state index contributed by atoms with van der Waals surface area (Å²) in [4.78, 5) is 23.7. The van der Waals surface area contributed by atoms with E-state index in [1.807, 2.05) is 11.9 Å². The van der Waals surface area contributed by atoms with Crippen molar-refractivity contribution >= 4 is 11.9 Å². The molecule has 0 aliphatic heterocycles. The van der Waals surface area contributed by atoms with Crippen molar-refractivity contribution in [2.45, 2.75) is 38.5 Å². The Balaban J connectivity index is 2.10. The van der Waals surface area contributed by atoms with E-state index in [1.54, 1.807) is 0 Å². The molecule has 0 aromatic heterocycles. The van der Waals surface area contributed by atoms with Crippen LogP contribution in [0.3, 0.4) is 0 Å². The first-order valence-corrected chi connectivity index (χ1v) is 6.75. The lowest BCUT2D eigenvalue weighted by atomic mass is 9.87. The monoisotopic (exact) mass is 256 g/mol. The van der Waals surface area contributed by atoms with Gasteiger partial charge in [-0.25, -0.2) is 0 Å². The lowest BCUT2D eigenvalue weighted by molar-refractivity contribution is -0.138. The minimum Gasteiger partial charge on any atom is -0.480 e. The summed E-state index contributed by atoms with van der Waals surface area (Å²) >= 11 is 0. The van der Waals surface area contributed by atoms with Crippen LogP contribution in [0.1, 0.15) is 38.5 Å². The second-order valence-corrected chi connectivity index (χ2v) is 5.20. The fourth-order valence-corrected chi connectivity index (χ4v) is 2.43. The summed E-state index contributed by atoms with van der Waals surface area (Å²) in [6, 6.07) is 0. The quantitative estimate of drug-likeness (QED) is 0.715. The van der Waals surface area contributed by atoms with Crippen LogP contribution in [0, 0.1) is 5.92 Å². The molecule has 0 aromatic carbocycles. The molecule has 0 heterocycles. The van der Waals surface area contributed by atoms with Crippen LogP contribution in [-0.4, -0.2) is 48.6 Å². The van der Waals surface area contributed by atoms with Gasteiger partial charge < -0.3 is 10.4 Å². The number of carbonyl (C=O) groups is 2. The lowest BCUT2D eigenvalue weighted by Crippen LogP contribution is -2.38. The molecule has 0 unspecified atom stereocenters. The van der Waals surface area contributed by atoms with Crippen LogP contribution in [0.25, 0.3) is 0 Å². The normalized spacial score (nSPS) is 16.8. The zero-order valence-electron chi connectivity index (χ0n) is 11.2. The predicted octanol–water partition coefficient (Wildman–Crippen LogP) is 1.09. The van der Waals surface area contributed by atoms with Crippen molar-refractivity contribution in [2.24, 2.45) is 5.92 Å². The Bertz CT molecular complexity index is 275. The van der Waals surface area contributed by atoms with Crippen LogP contribution >= 0.6 is 0 Å². The van der Waals surface area contributed by atoms with E-state index in [9.17, 15) is 9.59 Å². The Morgan fingerprint density at radius 2 is 1.94 bits per heavy atom. The van der Waals surface area contributed by atoms with E-state index in [2.05, 4.69) is 5.32 Å². The van der Waals surface area contributed by atoms with Gasteiger partial charge in [-0.05, 0) is 25.9 Å². The van der Waals surface area contributed by atoms with E-state index in [-0.39, 0.29) is 19.0 Å². The molecular formula is C13H24N2O3. The highest BCUT2D eigenvalue weighted by Gasteiger charge is 2.14. The third kappa shape index (κ3) is 6.59. The Morgan fingerprint density at radius 1 is 1.28 bits per heavy atom. The molecule has 104 valence electrons. The first-order chi connectivity index (χ1) is 8.58. The molecule has 0 aromatic rings. The maximum absolute atomic E-state index is 11.4. The molecule has 1 rings (SSSR count). The van der Waals surface area contributed by atoms with Gasteiger partial charge in [0.15, 0.2) is 0 Å². The average molecular weight is 256 g/mol. The molecule has 1 saturated carbocycles. The highest BCUT2D eigenvalue weighted by atomic mass is 16.4. The van der Waals surface area contributed by atoms with Gasteiger partial charge in [0.2, 0.25) is 5.91 Å². The maximum atomic E-state index is 11.4. The zero-order chi connectivity index (χ0) is 13.4. The van der Waals surface area contributed by atoms with Crippen LogP contribution in [0.4, 0.5) is 0 Å². The fourth-order valence-electron chi connectivity index (χ4n) is 2.43. The van der Waals surface area contributed by atoms with E-state index in [0.717, 1.165) is 18.9 Å². The van der Waals surface area contributed by atoms with E-state index in [0.29, 0.717) is 0 Å². The summed E-state index contributed by atoms with van der Waals surface area (Å²) in [5.41, 5.74) is 0. The number of carboxylic acids is 1. The summed E-state index contributed by atoms with van der Waals surface area (Å²) in [6.45, 7) is 0.889. The summed E-state index contributed by atoms with van der Waals surface area (Å²) in [5.74, 6) is -0.417. The highest BCUT2D eigenvalue weighted by Crippen LogP contribution is 2.26. The number of nitrogens with zero attached hydrogens (tertiary/aromatic N) is 1. The molecule has 1 fully saturated rings. The van der Waals surface area contributed by atoms with E-state index in [1.165, 1.54) is 32.1 Å². The minimum atomic E-state index is -1.01. The topological polar surface area (TPSA) is 69.6 Å². The number of likely N-dealkylation sites (N-methyl/N-ethyl adjacent to an activating group) is 1. The van der Waals surface area contributed by atoms with Crippen molar-refractivity contribution in [1.29, 1.82) is 0 Å². The number of carbonyl (C=O) groups excluding carboxylic acids is 1. The molecule has 0 saturated heterocycles. The van der Waals surface area contributed by atoms with Crippen LogP contribution < -0.4 is 5.32 Å². The standard InChI is InChI=1S/C13H24N2O3/c1-15(10-12(16)14-9-13(17)18)8-7-11-5-3-2-4-6-11/h11H,2-10H2,1H3,(H,14,16)(H,17,18). The van der Waals surface area contributed by atoms with Crippen LogP contribution in [0.2, 0.25) is 0 Å². The molecule has 0 spiro atoms. The molecule has 0 radical (unpaired) electrons. The van der Waals surface area contributed by atoms with Crippen LogP contribution in [0.15, 0.2) is 0 Å². The molecule has 0 bridgehead atoms. The smallest absolute Gasteiger partial charge is 0.322 e. The van der Waals surface area contributed by atoms with Crippen molar-refractivity contribution in [2.75, 3.05) is 26.7 Å². The summed E-state index contributed by atoms with van der Waals surface area (Å²) in [7, 11) is 1.91. The number of hydrogen-bond acceptors (Lipinski definition) is 3. The van der Waals surface area contributed by atoms with Crippen molar-refractivity contribution in [3.05, 3.63) is 0 Å². The number of aliphatic carboxylic acids is 1. The zero-order valence-corrected chi connectivity index (χ0v) is 11.2. The van der Waals surface area contributed by atoms with Crippen molar-refractivity contribution in [3.63, 3.8) is 0 Å². The summed E-state index contributed by atoms with van der Waals surface area (Å²) in [5, 5.41) is 10.8. The molecular weight excluding hydrogens is 232 g/mol. The second-order valence-electron chi connectivity index (χ2n) is 5.20. The van der Waals surface area contributed by atoms with Gasteiger partial charge in [-0.2, -0.15) is 0 Å². The molecule has 5 nitrogen and oxygen atoms in total. The molecule has 2 N–H and O–H groups in total. The number of hydrogen-bond donors (Lipinski definition) is 2. The Morgan fingerprint density at radius 3 is 2.56 bits per heavy atom. The summed E-state index contributed by atoms with van der Waals surface area (Å²) in [6.07, 6.45) is 7.83.